The van der Waals surface area contributed by atoms with Crippen molar-refractivity contribution in [1.82, 2.24) is 24.7 Å². The van der Waals surface area contributed by atoms with E-state index in [1.807, 2.05) is 16.0 Å². The van der Waals surface area contributed by atoms with Crippen LogP contribution in [0.1, 0.15) is 12.6 Å². The molecule has 0 unspecified atom stereocenters. The third-order valence-electron chi connectivity index (χ3n) is 2.80. The molecule has 21 heavy (non-hydrogen) atoms. The molecule has 0 aliphatic heterocycles. The Morgan fingerprint density at radius 3 is 3.14 bits per heavy atom. The lowest BCUT2D eigenvalue weighted by atomic mass is 10.4. The molecule has 0 spiro atoms. The van der Waals surface area contributed by atoms with Crippen molar-refractivity contribution in [2.45, 2.75) is 23.7 Å². The van der Waals surface area contributed by atoms with Crippen LogP contribution in [0.4, 0.5) is 5.82 Å². The molecule has 110 valence electrons. The van der Waals surface area contributed by atoms with Crippen LogP contribution in [0.3, 0.4) is 0 Å². The minimum atomic E-state index is -0.265. The molecular formula is C12H14N6OS2. The van der Waals surface area contributed by atoms with Crippen LogP contribution in [0, 0.1) is 0 Å². The van der Waals surface area contributed by atoms with Crippen LogP contribution in [-0.4, -0.2) is 25.9 Å². The van der Waals surface area contributed by atoms with E-state index < -0.39 is 0 Å². The number of imidazole rings is 1. The first kappa shape index (κ1) is 14.1. The molecule has 9 heteroatoms. The number of hydrogen-bond acceptors (Lipinski definition) is 7. The Morgan fingerprint density at radius 2 is 2.38 bits per heavy atom. The minimum Gasteiger partial charge on any atom is -0.383 e. The van der Waals surface area contributed by atoms with Gasteiger partial charge < -0.3 is 16.0 Å². The first-order valence-electron chi connectivity index (χ1n) is 6.37. The molecule has 3 rings (SSSR count). The van der Waals surface area contributed by atoms with E-state index in [2.05, 4.69) is 27.2 Å². The average Bonchev–Trinajstić information content (AvgIpc) is 2.96. The third-order valence-corrected chi connectivity index (χ3v) is 4.46. The average molecular weight is 322 g/mol. The van der Waals surface area contributed by atoms with Crippen molar-refractivity contribution in [3.05, 3.63) is 33.7 Å². The molecule has 0 aromatic carbocycles. The standard InChI is InChI=1S/C12H14N6OS2/c1-2-14-6-7-10(17-12-18(7)3-4-20-12)21-11-15-8(13)5-9(19)16-11/h3-5,14H,2,6H2,1H3,(H3,13,15,16,19). The van der Waals surface area contributed by atoms with E-state index in [4.69, 9.17) is 5.73 Å². The van der Waals surface area contributed by atoms with Gasteiger partial charge in [0.2, 0.25) is 0 Å². The normalized spacial score (nSPS) is 11.3. The molecule has 0 bridgehead atoms. The summed E-state index contributed by atoms with van der Waals surface area (Å²) in [6.07, 6.45) is 1.99. The van der Waals surface area contributed by atoms with Crippen molar-refractivity contribution in [3.63, 3.8) is 0 Å². The van der Waals surface area contributed by atoms with Crippen LogP contribution in [0.2, 0.25) is 0 Å². The van der Waals surface area contributed by atoms with Gasteiger partial charge in [0.1, 0.15) is 10.8 Å². The van der Waals surface area contributed by atoms with Gasteiger partial charge in [0.15, 0.2) is 10.1 Å². The van der Waals surface area contributed by atoms with Crippen molar-refractivity contribution in [2.75, 3.05) is 12.3 Å². The summed E-state index contributed by atoms with van der Waals surface area (Å²) < 4.78 is 2.04. The Kier molecular flexibility index (Phi) is 3.95. The summed E-state index contributed by atoms with van der Waals surface area (Å²) in [5.41, 5.74) is 6.39. The number of nitrogens with two attached hydrogens (primary N) is 1. The zero-order chi connectivity index (χ0) is 14.8. The van der Waals surface area contributed by atoms with E-state index in [1.54, 1.807) is 11.3 Å². The number of rotatable bonds is 5. The topological polar surface area (TPSA) is 101 Å². The summed E-state index contributed by atoms with van der Waals surface area (Å²) in [5, 5.41) is 6.55. The van der Waals surface area contributed by atoms with Crippen LogP contribution < -0.4 is 16.6 Å². The fraction of sp³-hybridized carbons (Fsp3) is 0.250. The summed E-state index contributed by atoms with van der Waals surface area (Å²) in [6.45, 7) is 3.62. The number of fused-ring (bicyclic) bond motifs is 1. The first-order valence-corrected chi connectivity index (χ1v) is 8.07. The van der Waals surface area contributed by atoms with E-state index in [1.165, 1.54) is 17.8 Å². The molecule has 0 atom stereocenters. The van der Waals surface area contributed by atoms with Gasteiger partial charge in [-0.15, -0.1) is 11.3 Å². The lowest BCUT2D eigenvalue weighted by molar-refractivity contribution is 0.694. The molecule has 0 aliphatic carbocycles. The lowest BCUT2D eigenvalue weighted by Gasteiger charge is -2.04. The highest BCUT2D eigenvalue weighted by molar-refractivity contribution is 7.99. The summed E-state index contributed by atoms with van der Waals surface area (Å²) >= 11 is 2.88. The second kappa shape index (κ2) is 5.88. The molecule has 0 saturated heterocycles. The number of nitrogens with one attached hydrogen (secondary N) is 2. The molecule has 4 N–H and O–H groups in total. The van der Waals surface area contributed by atoms with Gasteiger partial charge in [-0.05, 0) is 18.3 Å². The zero-order valence-electron chi connectivity index (χ0n) is 11.3. The number of hydrogen-bond donors (Lipinski definition) is 3. The molecule has 3 aromatic heterocycles. The second-order valence-electron chi connectivity index (χ2n) is 4.28. The highest BCUT2D eigenvalue weighted by Crippen LogP contribution is 2.29. The van der Waals surface area contributed by atoms with Crippen molar-refractivity contribution in [3.8, 4) is 0 Å². The lowest BCUT2D eigenvalue weighted by Crippen LogP contribution is -2.14. The van der Waals surface area contributed by atoms with Crippen LogP contribution in [0.25, 0.3) is 4.96 Å². The Morgan fingerprint density at radius 1 is 1.52 bits per heavy atom. The smallest absolute Gasteiger partial charge is 0.253 e. The Bertz CT molecular complexity index is 821. The van der Waals surface area contributed by atoms with E-state index in [9.17, 15) is 4.79 Å². The van der Waals surface area contributed by atoms with Gasteiger partial charge in [-0.3, -0.25) is 9.20 Å². The maximum absolute atomic E-state index is 11.5. The van der Waals surface area contributed by atoms with Gasteiger partial charge in [-0.2, -0.15) is 0 Å². The molecule has 3 aromatic rings. The van der Waals surface area contributed by atoms with Gasteiger partial charge in [-0.1, -0.05) is 6.92 Å². The number of anilines is 1. The van der Waals surface area contributed by atoms with Crippen molar-refractivity contribution in [2.24, 2.45) is 0 Å². The maximum Gasteiger partial charge on any atom is 0.253 e. The van der Waals surface area contributed by atoms with Crippen molar-refractivity contribution in [1.29, 1.82) is 0 Å². The zero-order valence-corrected chi connectivity index (χ0v) is 12.9. The highest BCUT2D eigenvalue weighted by Gasteiger charge is 2.15. The second-order valence-corrected chi connectivity index (χ2v) is 6.13. The van der Waals surface area contributed by atoms with E-state index >= 15 is 0 Å². The van der Waals surface area contributed by atoms with Gasteiger partial charge in [-0.25, -0.2) is 9.97 Å². The Labute approximate surface area is 128 Å². The SMILES string of the molecule is CCNCc1c(Sc2nc(N)cc(=O)[nH]2)nc2sccn12. The molecule has 0 amide bonds. The van der Waals surface area contributed by atoms with Gasteiger partial charge in [0, 0.05) is 24.2 Å². The van der Waals surface area contributed by atoms with Crippen molar-refractivity contribution >= 4 is 33.9 Å². The molecule has 0 saturated carbocycles. The molecule has 0 aliphatic rings. The van der Waals surface area contributed by atoms with Crippen LogP contribution >= 0.6 is 23.1 Å². The predicted molar refractivity (Wildman–Crippen MR) is 83.8 cm³/mol. The fourth-order valence-corrected chi connectivity index (χ4v) is 3.59. The van der Waals surface area contributed by atoms with E-state index in [0.717, 1.165) is 22.2 Å². The first-order chi connectivity index (χ1) is 10.2. The van der Waals surface area contributed by atoms with Gasteiger partial charge in [0.25, 0.3) is 5.56 Å². The quantitative estimate of drug-likeness (QED) is 0.613. The summed E-state index contributed by atoms with van der Waals surface area (Å²) in [5.74, 6) is 0.204. The summed E-state index contributed by atoms with van der Waals surface area (Å²) in [6, 6.07) is 1.26. The number of aromatic amines is 1. The van der Waals surface area contributed by atoms with Crippen LogP contribution in [0.15, 0.2) is 32.6 Å². The van der Waals surface area contributed by atoms with Gasteiger partial charge >= 0.3 is 0 Å². The molecule has 0 fully saturated rings. The molecule has 3 heterocycles. The van der Waals surface area contributed by atoms with Gasteiger partial charge in [0.05, 0.1) is 5.69 Å². The predicted octanol–water partition coefficient (Wildman–Crippen LogP) is 1.32. The largest absolute Gasteiger partial charge is 0.383 e. The fourth-order valence-electron chi connectivity index (χ4n) is 1.89. The molecule has 0 radical (unpaired) electrons. The van der Waals surface area contributed by atoms with Crippen LogP contribution in [-0.2, 0) is 6.54 Å². The molecular weight excluding hydrogens is 308 g/mol. The number of H-pyrrole nitrogens is 1. The highest BCUT2D eigenvalue weighted by atomic mass is 32.2. The monoisotopic (exact) mass is 322 g/mol. The molecule has 7 nitrogen and oxygen atoms in total. The number of thiazole rings is 1. The Balaban J connectivity index is 1.98. The Hall–Kier alpha value is -1.84. The minimum absolute atomic E-state index is 0.204. The summed E-state index contributed by atoms with van der Waals surface area (Å²) in [7, 11) is 0. The van der Waals surface area contributed by atoms with Crippen molar-refractivity contribution < 1.29 is 0 Å². The maximum atomic E-state index is 11.5. The number of nitrogen functional groups attached to an aromatic ring is 1. The number of nitrogens with zero attached hydrogens (tertiary/aromatic N) is 3. The number of aromatic nitrogens is 4. The van der Waals surface area contributed by atoms with E-state index in [-0.39, 0.29) is 11.4 Å². The summed E-state index contributed by atoms with van der Waals surface area (Å²) in [4.78, 5) is 23.7. The van der Waals surface area contributed by atoms with Crippen LogP contribution in [0.5, 0.6) is 0 Å². The van der Waals surface area contributed by atoms with E-state index in [0.29, 0.717) is 11.7 Å². The third kappa shape index (κ3) is 2.94.